The smallest absolute Gasteiger partial charge is 0.387 e. The second-order valence-electron chi connectivity index (χ2n) is 4.52. The van der Waals surface area contributed by atoms with Gasteiger partial charge in [0.15, 0.2) is 0 Å². The number of carbonyl (C=O) groups is 1. The first kappa shape index (κ1) is 17.6. The van der Waals surface area contributed by atoms with E-state index in [4.69, 9.17) is 16.7 Å². The van der Waals surface area contributed by atoms with Crippen LogP contribution in [0.4, 0.5) is 14.5 Å². The van der Waals surface area contributed by atoms with Gasteiger partial charge in [-0.25, -0.2) is 0 Å². The molecule has 0 saturated carbocycles. The van der Waals surface area contributed by atoms with Gasteiger partial charge in [-0.3, -0.25) is 9.69 Å². The van der Waals surface area contributed by atoms with Crippen LogP contribution in [0, 0.1) is 0 Å². The topological polar surface area (TPSA) is 61.8 Å². The number of nitrogens with one attached hydrogen (secondary N) is 1. The van der Waals surface area contributed by atoms with Crippen molar-refractivity contribution >= 4 is 23.2 Å². The van der Waals surface area contributed by atoms with Crippen molar-refractivity contribution in [2.75, 3.05) is 25.5 Å². The van der Waals surface area contributed by atoms with E-state index in [1.165, 1.54) is 18.2 Å². The number of likely N-dealkylation sites (N-methyl/N-ethyl adjacent to an activating group) is 1. The number of alkyl halides is 2. The number of halogens is 3. The molecule has 1 aromatic carbocycles. The summed E-state index contributed by atoms with van der Waals surface area (Å²) in [7, 11) is 1.70. The molecule has 0 fully saturated rings. The Morgan fingerprint density at radius 1 is 1.52 bits per heavy atom. The van der Waals surface area contributed by atoms with Crippen LogP contribution in [0.25, 0.3) is 0 Å². The average molecular weight is 323 g/mol. The largest absolute Gasteiger partial charge is 0.433 e. The van der Waals surface area contributed by atoms with Crippen LogP contribution in [0.5, 0.6) is 5.75 Å². The van der Waals surface area contributed by atoms with E-state index in [1.54, 1.807) is 18.9 Å². The molecule has 1 aromatic rings. The normalized spacial score (nSPS) is 12.6. The number of ether oxygens (including phenoxy) is 1. The van der Waals surface area contributed by atoms with Gasteiger partial charge in [0.1, 0.15) is 5.75 Å². The monoisotopic (exact) mass is 322 g/mol. The summed E-state index contributed by atoms with van der Waals surface area (Å²) in [6, 6.07) is 3.84. The molecule has 0 aliphatic rings. The van der Waals surface area contributed by atoms with E-state index < -0.39 is 6.61 Å². The Hall–Kier alpha value is -1.44. The van der Waals surface area contributed by atoms with Crippen LogP contribution in [0.15, 0.2) is 18.2 Å². The third-order valence-corrected chi connectivity index (χ3v) is 3.14. The number of hydrogen-bond acceptors (Lipinski definition) is 4. The molecule has 2 N–H and O–H groups in total. The molecule has 1 unspecified atom stereocenters. The van der Waals surface area contributed by atoms with Gasteiger partial charge in [0.25, 0.3) is 0 Å². The van der Waals surface area contributed by atoms with Crippen molar-refractivity contribution < 1.29 is 23.4 Å². The molecule has 5 nitrogen and oxygen atoms in total. The highest BCUT2D eigenvalue weighted by Gasteiger charge is 2.13. The van der Waals surface area contributed by atoms with Crippen molar-refractivity contribution in [1.29, 1.82) is 0 Å². The molecule has 21 heavy (non-hydrogen) atoms. The Morgan fingerprint density at radius 3 is 2.71 bits per heavy atom. The van der Waals surface area contributed by atoms with Crippen molar-refractivity contribution in [3.63, 3.8) is 0 Å². The van der Waals surface area contributed by atoms with Crippen LogP contribution in [-0.2, 0) is 4.79 Å². The molecule has 0 heterocycles. The van der Waals surface area contributed by atoms with Gasteiger partial charge in [-0.2, -0.15) is 8.78 Å². The molecule has 1 amide bonds. The third kappa shape index (κ3) is 5.82. The molecule has 0 spiro atoms. The summed E-state index contributed by atoms with van der Waals surface area (Å²) in [5.74, 6) is -0.466. The Balaban J connectivity index is 2.63. The maximum Gasteiger partial charge on any atom is 0.387 e. The number of carbonyl (C=O) groups excluding carboxylic acids is 1. The van der Waals surface area contributed by atoms with Gasteiger partial charge in [0.2, 0.25) is 5.91 Å². The zero-order valence-corrected chi connectivity index (χ0v) is 12.4. The standard InChI is InChI=1S/C13H17ClF2N2O3/c1-8(7-19)18(2)6-12(20)17-9-3-4-11(10(14)5-9)21-13(15)16/h3-5,8,13,19H,6-7H2,1-2H3,(H,17,20). The van der Waals surface area contributed by atoms with Crippen LogP contribution in [0.1, 0.15) is 6.92 Å². The van der Waals surface area contributed by atoms with Crippen molar-refractivity contribution in [2.24, 2.45) is 0 Å². The van der Waals surface area contributed by atoms with E-state index in [0.717, 1.165) is 0 Å². The molecule has 1 atom stereocenters. The van der Waals surface area contributed by atoms with Crippen LogP contribution < -0.4 is 10.1 Å². The number of anilines is 1. The number of hydrogen-bond donors (Lipinski definition) is 2. The minimum atomic E-state index is -2.96. The van der Waals surface area contributed by atoms with E-state index in [1.807, 2.05) is 0 Å². The number of benzene rings is 1. The van der Waals surface area contributed by atoms with Crippen LogP contribution in [0.3, 0.4) is 0 Å². The summed E-state index contributed by atoms with van der Waals surface area (Å²) in [6.07, 6.45) is 0. The van der Waals surface area contributed by atoms with Crippen molar-refractivity contribution in [2.45, 2.75) is 19.6 Å². The molecule has 0 radical (unpaired) electrons. The van der Waals surface area contributed by atoms with Gasteiger partial charge in [-0.1, -0.05) is 11.6 Å². The van der Waals surface area contributed by atoms with E-state index in [9.17, 15) is 13.6 Å². The zero-order valence-electron chi connectivity index (χ0n) is 11.6. The van der Waals surface area contributed by atoms with E-state index in [2.05, 4.69) is 10.1 Å². The van der Waals surface area contributed by atoms with E-state index in [-0.39, 0.29) is 35.9 Å². The lowest BCUT2D eigenvalue weighted by Crippen LogP contribution is -2.38. The quantitative estimate of drug-likeness (QED) is 0.808. The summed E-state index contributed by atoms with van der Waals surface area (Å²) in [4.78, 5) is 13.5. The minimum absolute atomic E-state index is 0.0230. The lowest BCUT2D eigenvalue weighted by Gasteiger charge is -2.22. The van der Waals surface area contributed by atoms with E-state index >= 15 is 0 Å². The summed E-state index contributed by atoms with van der Waals surface area (Å²) in [6.45, 7) is -1.17. The molecule has 0 bridgehead atoms. The van der Waals surface area contributed by atoms with Crippen molar-refractivity contribution in [3.05, 3.63) is 23.2 Å². The molecule has 0 aromatic heterocycles. The third-order valence-electron chi connectivity index (χ3n) is 2.84. The summed E-state index contributed by atoms with van der Waals surface area (Å²) in [5.41, 5.74) is 0.372. The van der Waals surface area contributed by atoms with Crippen molar-refractivity contribution in [1.82, 2.24) is 4.90 Å². The van der Waals surface area contributed by atoms with Gasteiger partial charge >= 0.3 is 6.61 Å². The summed E-state index contributed by atoms with van der Waals surface area (Å²) < 4.78 is 28.4. The number of rotatable bonds is 7. The van der Waals surface area contributed by atoms with Gasteiger partial charge in [0.05, 0.1) is 18.2 Å². The minimum Gasteiger partial charge on any atom is -0.433 e. The fourth-order valence-corrected chi connectivity index (χ4v) is 1.72. The fraction of sp³-hybridized carbons (Fsp3) is 0.462. The molecular weight excluding hydrogens is 306 g/mol. The van der Waals surface area contributed by atoms with E-state index in [0.29, 0.717) is 5.69 Å². The Kier molecular flexibility index (Phi) is 6.80. The molecule has 1 rings (SSSR count). The molecule has 8 heteroatoms. The lowest BCUT2D eigenvalue weighted by molar-refractivity contribution is -0.117. The number of aliphatic hydroxyl groups excluding tert-OH is 1. The number of aliphatic hydroxyl groups is 1. The number of nitrogens with zero attached hydrogens (tertiary/aromatic N) is 1. The maximum atomic E-state index is 12.1. The highest BCUT2D eigenvalue weighted by Crippen LogP contribution is 2.28. The molecule has 0 aliphatic heterocycles. The molecule has 0 saturated heterocycles. The fourth-order valence-electron chi connectivity index (χ4n) is 1.49. The maximum absolute atomic E-state index is 12.1. The van der Waals surface area contributed by atoms with Gasteiger partial charge < -0.3 is 15.2 Å². The SMILES string of the molecule is CC(CO)N(C)CC(=O)Nc1ccc(OC(F)F)c(Cl)c1. The van der Waals surface area contributed by atoms with Gasteiger partial charge in [0, 0.05) is 11.7 Å². The van der Waals surface area contributed by atoms with Crippen LogP contribution >= 0.6 is 11.6 Å². The predicted octanol–water partition coefficient (Wildman–Crippen LogP) is 2.19. The first-order valence-electron chi connectivity index (χ1n) is 6.18. The zero-order chi connectivity index (χ0) is 16.0. The molecule has 0 aliphatic carbocycles. The van der Waals surface area contributed by atoms with Crippen molar-refractivity contribution in [3.8, 4) is 5.75 Å². The Bertz CT molecular complexity index is 488. The average Bonchev–Trinajstić information content (AvgIpc) is 2.40. The molecular formula is C13H17ClF2N2O3. The highest BCUT2D eigenvalue weighted by atomic mass is 35.5. The number of amides is 1. The molecule has 118 valence electrons. The van der Waals surface area contributed by atoms with Gasteiger partial charge in [-0.15, -0.1) is 0 Å². The van der Waals surface area contributed by atoms with Gasteiger partial charge in [-0.05, 0) is 32.2 Å². The second kappa shape index (κ2) is 8.11. The van der Waals surface area contributed by atoms with Crippen LogP contribution in [-0.4, -0.2) is 48.8 Å². The predicted molar refractivity (Wildman–Crippen MR) is 75.9 cm³/mol. The first-order chi connectivity index (χ1) is 9.83. The van der Waals surface area contributed by atoms with Crippen LogP contribution in [0.2, 0.25) is 5.02 Å². The summed E-state index contributed by atoms with van der Waals surface area (Å²) in [5, 5.41) is 11.5. The Labute approximate surface area is 126 Å². The highest BCUT2D eigenvalue weighted by molar-refractivity contribution is 6.32. The first-order valence-corrected chi connectivity index (χ1v) is 6.56. The lowest BCUT2D eigenvalue weighted by atomic mass is 10.3. The second-order valence-corrected chi connectivity index (χ2v) is 4.93. The Morgan fingerprint density at radius 2 is 2.19 bits per heavy atom. The summed E-state index contributed by atoms with van der Waals surface area (Å²) >= 11 is 5.78.